The Balaban J connectivity index is 3.26. The molecule has 74 valence electrons. The van der Waals surface area contributed by atoms with Crippen LogP contribution < -0.4 is 5.73 Å². The minimum Gasteiger partial charge on any atom is -0.505 e. The SMILES string of the molecule is C=C(C(N)=O)c1cc(Cl)c(O)c(Cl)c1. The largest absolute Gasteiger partial charge is 0.505 e. The quantitative estimate of drug-likeness (QED) is 0.767. The lowest BCUT2D eigenvalue weighted by Crippen LogP contribution is -2.11. The zero-order valence-corrected chi connectivity index (χ0v) is 8.56. The first kappa shape index (κ1) is 10.9. The lowest BCUT2D eigenvalue weighted by atomic mass is 10.1. The molecule has 0 heterocycles. The standard InChI is InChI=1S/C9H7Cl2NO2/c1-4(9(12)14)5-2-6(10)8(13)7(11)3-5/h2-3,13H,1H2,(H2,12,14). The van der Waals surface area contributed by atoms with Crippen molar-refractivity contribution >= 4 is 34.7 Å². The Hall–Kier alpha value is -1.19. The predicted octanol–water partition coefficient (Wildman–Crippen LogP) is 2.20. The third-order valence-corrected chi connectivity index (χ3v) is 2.24. The van der Waals surface area contributed by atoms with E-state index in [1.54, 1.807) is 0 Å². The fourth-order valence-electron chi connectivity index (χ4n) is 0.882. The summed E-state index contributed by atoms with van der Waals surface area (Å²) in [5.74, 6) is -0.892. The molecule has 0 radical (unpaired) electrons. The summed E-state index contributed by atoms with van der Waals surface area (Å²) in [4.78, 5) is 10.8. The summed E-state index contributed by atoms with van der Waals surface area (Å²) in [7, 11) is 0. The number of phenols is 1. The molecule has 0 aliphatic heterocycles. The van der Waals surface area contributed by atoms with Crippen LogP contribution in [0.5, 0.6) is 5.75 Å². The number of hydrogen-bond acceptors (Lipinski definition) is 2. The molecule has 0 aliphatic carbocycles. The summed E-state index contributed by atoms with van der Waals surface area (Å²) in [6, 6.07) is 2.74. The Morgan fingerprint density at radius 3 is 2.14 bits per heavy atom. The number of amides is 1. The van der Waals surface area contributed by atoms with Gasteiger partial charge in [-0.3, -0.25) is 4.79 Å². The Bertz CT molecular complexity index is 392. The van der Waals surface area contributed by atoms with Crippen LogP contribution in [0.3, 0.4) is 0 Å². The zero-order chi connectivity index (χ0) is 10.9. The third kappa shape index (κ3) is 2.00. The van der Waals surface area contributed by atoms with Crippen LogP contribution in [0.25, 0.3) is 5.57 Å². The van der Waals surface area contributed by atoms with Crippen LogP contribution in [-0.4, -0.2) is 11.0 Å². The van der Waals surface area contributed by atoms with E-state index in [1.165, 1.54) is 12.1 Å². The number of benzene rings is 1. The number of hydrogen-bond donors (Lipinski definition) is 2. The van der Waals surface area contributed by atoms with Crippen molar-refractivity contribution in [1.82, 2.24) is 0 Å². The second-order valence-corrected chi connectivity index (χ2v) is 3.45. The predicted molar refractivity (Wildman–Crippen MR) is 56.4 cm³/mol. The van der Waals surface area contributed by atoms with Gasteiger partial charge in [-0.05, 0) is 17.7 Å². The minimum atomic E-state index is -0.664. The first-order valence-electron chi connectivity index (χ1n) is 3.60. The normalized spacial score (nSPS) is 9.86. The molecule has 0 saturated carbocycles. The number of nitrogens with two attached hydrogens (primary N) is 1. The van der Waals surface area contributed by atoms with Crippen molar-refractivity contribution in [1.29, 1.82) is 0 Å². The molecular formula is C9H7Cl2NO2. The molecule has 1 aromatic rings. The van der Waals surface area contributed by atoms with E-state index in [1.807, 2.05) is 0 Å². The van der Waals surface area contributed by atoms with Crippen molar-refractivity contribution in [2.75, 3.05) is 0 Å². The van der Waals surface area contributed by atoms with E-state index >= 15 is 0 Å². The van der Waals surface area contributed by atoms with Gasteiger partial charge in [0.15, 0.2) is 5.75 Å². The lowest BCUT2D eigenvalue weighted by molar-refractivity contribution is -0.112. The molecule has 0 fully saturated rings. The maximum atomic E-state index is 10.8. The van der Waals surface area contributed by atoms with Crippen molar-refractivity contribution < 1.29 is 9.90 Å². The molecule has 0 atom stereocenters. The third-order valence-electron chi connectivity index (χ3n) is 1.66. The Morgan fingerprint density at radius 2 is 1.79 bits per heavy atom. The van der Waals surface area contributed by atoms with E-state index in [-0.39, 0.29) is 21.4 Å². The van der Waals surface area contributed by atoms with Crippen LogP contribution in [0.4, 0.5) is 0 Å². The van der Waals surface area contributed by atoms with Crippen molar-refractivity contribution in [3.63, 3.8) is 0 Å². The van der Waals surface area contributed by atoms with E-state index in [4.69, 9.17) is 28.9 Å². The number of carbonyl (C=O) groups is 1. The van der Waals surface area contributed by atoms with Crippen LogP contribution in [-0.2, 0) is 4.79 Å². The summed E-state index contributed by atoms with van der Waals surface area (Å²) in [5.41, 5.74) is 5.50. The van der Waals surface area contributed by atoms with Crippen molar-refractivity contribution in [2.24, 2.45) is 5.73 Å². The molecule has 3 N–H and O–H groups in total. The van der Waals surface area contributed by atoms with Crippen LogP contribution in [0.15, 0.2) is 18.7 Å². The molecule has 0 saturated heterocycles. The number of carbonyl (C=O) groups excluding carboxylic acids is 1. The van der Waals surface area contributed by atoms with Gasteiger partial charge in [0.25, 0.3) is 0 Å². The van der Waals surface area contributed by atoms with E-state index in [0.29, 0.717) is 5.56 Å². The van der Waals surface area contributed by atoms with Crippen LogP contribution in [0.1, 0.15) is 5.56 Å². The zero-order valence-electron chi connectivity index (χ0n) is 7.05. The van der Waals surface area contributed by atoms with E-state index in [2.05, 4.69) is 6.58 Å². The number of rotatable bonds is 2. The Labute approximate surface area is 90.7 Å². The summed E-state index contributed by atoms with van der Waals surface area (Å²) in [5, 5.41) is 9.34. The highest BCUT2D eigenvalue weighted by atomic mass is 35.5. The highest BCUT2D eigenvalue weighted by molar-refractivity contribution is 6.37. The van der Waals surface area contributed by atoms with Crippen molar-refractivity contribution in [3.8, 4) is 5.75 Å². The second-order valence-electron chi connectivity index (χ2n) is 2.63. The summed E-state index contributed by atoms with van der Waals surface area (Å²) >= 11 is 11.3. The maximum Gasteiger partial charge on any atom is 0.248 e. The van der Waals surface area contributed by atoms with Crippen molar-refractivity contribution in [3.05, 3.63) is 34.3 Å². The molecule has 5 heteroatoms. The maximum absolute atomic E-state index is 10.8. The highest BCUT2D eigenvalue weighted by Gasteiger charge is 2.11. The Kier molecular flexibility index (Phi) is 3.03. The van der Waals surface area contributed by atoms with Gasteiger partial charge < -0.3 is 10.8 Å². The van der Waals surface area contributed by atoms with Gasteiger partial charge in [-0.25, -0.2) is 0 Å². The van der Waals surface area contributed by atoms with Gasteiger partial charge in [0.2, 0.25) is 5.91 Å². The minimum absolute atomic E-state index is 0.0508. The van der Waals surface area contributed by atoms with Gasteiger partial charge in [-0.2, -0.15) is 0 Å². The topological polar surface area (TPSA) is 63.3 Å². The van der Waals surface area contributed by atoms with Crippen LogP contribution in [0, 0.1) is 0 Å². The van der Waals surface area contributed by atoms with E-state index in [0.717, 1.165) is 0 Å². The summed E-state index contributed by atoms with van der Waals surface area (Å²) in [6.07, 6.45) is 0. The van der Waals surface area contributed by atoms with Crippen LogP contribution in [0.2, 0.25) is 10.0 Å². The van der Waals surface area contributed by atoms with Crippen LogP contribution >= 0.6 is 23.2 Å². The first-order valence-corrected chi connectivity index (χ1v) is 4.36. The van der Waals surface area contributed by atoms with E-state index < -0.39 is 5.91 Å². The molecule has 0 unspecified atom stereocenters. The van der Waals surface area contributed by atoms with E-state index in [9.17, 15) is 9.90 Å². The van der Waals surface area contributed by atoms with Gasteiger partial charge in [0.1, 0.15) is 0 Å². The molecule has 1 aromatic carbocycles. The smallest absolute Gasteiger partial charge is 0.248 e. The average molecular weight is 232 g/mol. The van der Waals surface area contributed by atoms with Gasteiger partial charge in [0, 0.05) is 5.57 Å². The highest BCUT2D eigenvalue weighted by Crippen LogP contribution is 2.34. The fraction of sp³-hybridized carbons (Fsp3) is 0. The van der Waals surface area contributed by atoms with Crippen molar-refractivity contribution in [2.45, 2.75) is 0 Å². The number of primary amides is 1. The second kappa shape index (κ2) is 3.90. The molecule has 1 rings (SSSR count). The summed E-state index contributed by atoms with van der Waals surface area (Å²) < 4.78 is 0. The van der Waals surface area contributed by atoms with Gasteiger partial charge in [0.05, 0.1) is 10.0 Å². The molecule has 0 bridgehead atoms. The number of aromatic hydroxyl groups is 1. The molecule has 0 aromatic heterocycles. The van der Waals surface area contributed by atoms with Gasteiger partial charge in [-0.15, -0.1) is 0 Å². The first-order chi connectivity index (χ1) is 6.43. The molecule has 1 amide bonds. The van der Waals surface area contributed by atoms with Gasteiger partial charge in [-0.1, -0.05) is 29.8 Å². The number of phenolic OH excluding ortho intramolecular Hbond substituents is 1. The Morgan fingerprint density at radius 1 is 1.36 bits per heavy atom. The molecule has 0 aliphatic rings. The molecule has 14 heavy (non-hydrogen) atoms. The molecule has 0 spiro atoms. The van der Waals surface area contributed by atoms with Gasteiger partial charge >= 0.3 is 0 Å². The monoisotopic (exact) mass is 231 g/mol. The average Bonchev–Trinajstić information content (AvgIpc) is 2.12. The fourth-order valence-corrected chi connectivity index (χ4v) is 1.37. The molecule has 3 nitrogen and oxygen atoms in total. The lowest BCUT2D eigenvalue weighted by Gasteiger charge is -2.05. The molecular weight excluding hydrogens is 225 g/mol. The summed E-state index contributed by atoms with van der Waals surface area (Å²) in [6.45, 7) is 3.46. The number of halogens is 2.